The fraction of sp³-hybridized carbons (Fsp3) is 0.300. The molecule has 0 unspecified atom stereocenters. The SMILES string of the molecule is CCOc1cc(/C=N/NC(=O)c2ccccc2C)cc(I)c1OC(C)C. The van der Waals surface area contributed by atoms with Crippen LogP contribution in [0.5, 0.6) is 11.5 Å². The Bertz CT molecular complexity index is 804. The van der Waals surface area contributed by atoms with Crippen molar-refractivity contribution in [2.45, 2.75) is 33.8 Å². The second-order valence-electron chi connectivity index (χ2n) is 5.94. The van der Waals surface area contributed by atoms with Gasteiger partial charge in [-0.05, 0) is 79.6 Å². The van der Waals surface area contributed by atoms with Gasteiger partial charge in [-0.3, -0.25) is 4.79 Å². The van der Waals surface area contributed by atoms with Crippen molar-refractivity contribution in [3.63, 3.8) is 0 Å². The highest BCUT2D eigenvalue weighted by atomic mass is 127. The lowest BCUT2D eigenvalue weighted by Gasteiger charge is -2.16. The van der Waals surface area contributed by atoms with Crippen molar-refractivity contribution < 1.29 is 14.3 Å². The molecule has 0 aromatic heterocycles. The van der Waals surface area contributed by atoms with Gasteiger partial charge in [-0.2, -0.15) is 5.10 Å². The van der Waals surface area contributed by atoms with Crippen LogP contribution in [0.25, 0.3) is 0 Å². The first kappa shape index (κ1) is 20.2. The first-order valence-corrected chi connectivity index (χ1v) is 9.52. The summed E-state index contributed by atoms with van der Waals surface area (Å²) >= 11 is 2.21. The fourth-order valence-corrected chi connectivity index (χ4v) is 3.08. The Morgan fingerprint density at radius 2 is 2.04 bits per heavy atom. The van der Waals surface area contributed by atoms with Gasteiger partial charge in [-0.15, -0.1) is 0 Å². The summed E-state index contributed by atoms with van der Waals surface area (Å²) < 4.78 is 12.5. The number of carbonyl (C=O) groups is 1. The molecule has 138 valence electrons. The summed E-state index contributed by atoms with van der Waals surface area (Å²) in [6.07, 6.45) is 1.65. The standard InChI is InChI=1S/C20H23IN2O3/c1-5-25-18-11-15(10-17(21)19(18)26-13(2)3)12-22-23-20(24)16-9-7-6-8-14(16)4/h6-13H,5H2,1-4H3,(H,23,24)/b22-12+. The lowest BCUT2D eigenvalue weighted by Crippen LogP contribution is -2.18. The molecular weight excluding hydrogens is 443 g/mol. The van der Waals surface area contributed by atoms with E-state index in [0.29, 0.717) is 17.9 Å². The van der Waals surface area contributed by atoms with Crippen molar-refractivity contribution in [3.05, 3.63) is 56.7 Å². The van der Waals surface area contributed by atoms with Crippen LogP contribution < -0.4 is 14.9 Å². The molecule has 0 aliphatic rings. The second-order valence-corrected chi connectivity index (χ2v) is 7.11. The Morgan fingerprint density at radius 3 is 2.69 bits per heavy atom. The van der Waals surface area contributed by atoms with Gasteiger partial charge in [0.15, 0.2) is 11.5 Å². The molecule has 0 aliphatic carbocycles. The minimum absolute atomic E-state index is 0.0515. The van der Waals surface area contributed by atoms with Crippen molar-refractivity contribution in [2.24, 2.45) is 5.10 Å². The molecule has 0 heterocycles. The number of carbonyl (C=O) groups excluding carboxylic acids is 1. The molecule has 2 aromatic rings. The number of nitrogens with zero attached hydrogens (tertiary/aromatic N) is 1. The van der Waals surface area contributed by atoms with Crippen molar-refractivity contribution in [1.82, 2.24) is 5.43 Å². The van der Waals surface area contributed by atoms with Crippen molar-refractivity contribution >= 4 is 34.7 Å². The molecule has 0 fully saturated rings. The van der Waals surface area contributed by atoms with Crippen molar-refractivity contribution in [2.75, 3.05) is 6.61 Å². The van der Waals surface area contributed by atoms with Gasteiger partial charge in [-0.1, -0.05) is 18.2 Å². The summed E-state index contributed by atoms with van der Waals surface area (Å²) in [5, 5.41) is 4.07. The molecule has 0 bridgehead atoms. The number of nitrogens with one attached hydrogen (secondary N) is 1. The van der Waals surface area contributed by atoms with Gasteiger partial charge < -0.3 is 9.47 Å². The molecule has 0 aliphatic heterocycles. The third kappa shape index (κ3) is 5.45. The largest absolute Gasteiger partial charge is 0.490 e. The van der Waals surface area contributed by atoms with Gasteiger partial charge in [0.2, 0.25) is 0 Å². The van der Waals surface area contributed by atoms with E-state index in [1.807, 2.05) is 58.0 Å². The lowest BCUT2D eigenvalue weighted by molar-refractivity contribution is 0.0954. The van der Waals surface area contributed by atoms with E-state index in [0.717, 1.165) is 20.4 Å². The smallest absolute Gasteiger partial charge is 0.271 e. The van der Waals surface area contributed by atoms with Crippen LogP contribution in [-0.2, 0) is 0 Å². The molecule has 1 N–H and O–H groups in total. The second kappa shape index (κ2) is 9.56. The molecule has 26 heavy (non-hydrogen) atoms. The van der Waals surface area contributed by atoms with E-state index in [9.17, 15) is 4.79 Å². The first-order valence-electron chi connectivity index (χ1n) is 8.44. The zero-order valence-electron chi connectivity index (χ0n) is 15.4. The van der Waals surface area contributed by atoms with Gasteiger partial charge in [0.25, 0.3) is 5.91 Å². The zero-order valence-corrected chi connectivity index (χ0v) is 17.5. The molecule has 2 rings (SSSR count). The van der Waals surface area contributed by atoms with Crippen LogP contribution in [0.3, 0.4) is 0 Å². The monoisotopic (exact) mass is 466 g/mol. The lowest BCUT2D eigenvalue weighted by atomic mass is 10.1. The quantitative estimate of drug-likeness (QED) is 0.370. The Morgan fingerprint density at radius 1 is 1.31 bits per heavy atom. The Balaban J connectivity index is 2.17. The fourth-order valence-electron chi connectivity index (χ4n) is 2.33. The molecule has 0 spiro atoms. The number of hydrazone groups is 1. The number of amides is 1. The molecule has 1 amide bonds. The number of rotatable bonds is 7. The van der Waals surface area contributed by atoms with E-state index in [1.54, 1.807) is 12.3 Å². The van der Waals surface area contributed by atoms with Crippen LogP contribution in [0.1, 0.15) is 42.3 Å². The van der Waals surface area contributed by atoms with E-state index in [-0.39, 0.29) is 12.0 Å². The predicted molar refractivity (Wildman–Crippen MR) is 112 cm³/mol. The van der Waals surface area contributed by atoms with E-state index in [1.165, 1.54) is 0 Å². The number of ether oxygens (including phenoxy) is 2. The Hall–Kier alpha value is -2.09. The Labute approximate surface area is 167 Å². The number of benzene rings is 2. The van der Waals surface area contributed by atoms with Crippen LogP contribution >= 0.6 is 22.6 Å². The minimum Gasteiger partial charge on any atom is -0.490 e. The average Bonchev–Trinajstić information content (AvgIpc) is 2.58. The van der Waals surface area contributed by atoms with Crippen LogP contribution in [0.4, 0.5) is 0 Å². The van der Waals surface area contributed by atoms with Crippen LogP contribution in [0.15, 0.2) is 41.5 Å². The average molecular weight is 466 g/mol. The molecule has 0 saturated carbocycles. The third-order valence-corrected chi connectivity index (χ3v) is 4.26. The van der Waals surface area contributed by atoms with Crippen LogP contribution in [-0.4, -0.2) is 24.8 Å². The van der Waals surface area contributed by atoms with Gasteiger partial charge in [0.05, 0.1) is 22.5 Å². The summed E-state index contributed by atoms with van der Waals surface area (Å²) in [7, 11) is 0. The van der Waals surface area contributed by atoms with E-state index in [2.05, 4.69) is 33.1 Å². The first-order chi connectivity index (χ1) is 12.4. The maximum Gasteiger partial charge on any atom is 0.271 e. The topological polar surface area (TPSA) is 59.9 Å². The highest BCUT2D eigenvalue weighted by Gasteiger charge is 2.13. The van der Waals surface area contributed by atoms with Gasteiger partial charge in [-0.25, -0.2) is 5.43 Å². The zero-order chi connectivity index (χ0) is 19.1. The molecule has 2 aromatic carbocycles. The summed E-state index contributed by atoms with van der Waals surface area (Å²) in [6.45, 7) is 8.30. The molecule has 6 heteroatoms. The maximum absolute atomic E-state index is 12.2. The van der Waals surface area contributed by atoms with Crippen molar-refractivity contribution in [3.8, 4) is 11.5 Å². The molecule has 0 saturated heterocycles. The normalized spacial score (nSPS) is 11.0. The number of aryl methyl sites for hydroxylation is 1. The highest BCUT2D eigenvalue weighted by Crippen LogP contribution is 2.34. The Kier molecular flexibility index (Phi) is 7.44. The van der Waals surface area contributed by atoms with Crippen LogP contribution in [0, 0.1) is 10.5 Å². The van der Waals surface area contributed by atoms with Gasteiger partial charge in [0, 0.05) is 5.56 Å². The predicted octanol–water partition coefficient (Wildman–Crippen LogP) is 4.55. The molecule has 0 radical (unpaired) electrons. The van der Waals surface area contributed by atoms with Gasteiger partial charge >= 0.3 is 0 Å². The van der Waals surface area contributed by atoms with Gasteiger partial charge in [0.1, 0.15) is 0 Å². The molecule has 0 atom stereocenters. The number of halogens is 1. The molecule has 5 nitrogen and oxygen atoms in total. The number of hydrogen-bond acceptors (Lipinski definition) is 4. The van der Waals surface area contributed by atoms with E-state index in [4.69, 9.17) is 9.47 Å². The minimum atomic E-state index is -0.237. The summed E-state index contributed by atoms with van der Waals surface area (Å²) in [5.41, 5.74) is 4.89. The van der Waals surface area contributed by atoms with Crippen LogP contribution in [0.2, 0.25) is 0 Å². The molecular formula is C20H23IN2O3. The summed E-state index contributed by atoms with van der Waals surface area (Å²) in [4.78, 5) is 12.2. The van der Waals surface area contributed by atoms with Crippen molar-refractivity contribution in [1.29, 1.82) is 0 Å². The van der Waals surface area contributed by atoms with E-state index < -0.39 is 0 Å². The summed E-state index contributed by atoms with van der Waals surface area (Å²) in [5.74, 6) is 1.15. The highest BCUT2D eigenvalue weighted by molar-refractivity contribution is 14.1. The third-order valence-electron chi connectivity index (χ3n) is 3.45. The van der Waals surface area contributed by atoms with E-state index >= 15 is 0 Å². The number of hydrogen-bond donors (Lipinski definition) is 1. The summed E-state index contributed by atoms with van der Waals surface area (Å²) in [6, 6.07) is 11.2. The maximum atomic E-state index is 12.2.